The van der Waals surface area contributed by atoms with E-state index in [0.29, 0.717) is 5.92 Å². The predicted octanol–water partition coefficient (Wildman–Crippen LogP) is 3.43. The molecule has 0 heterocycles. The Morgan fingerprint density at radius 1 is 1.50 bits per heavy atom. The summed E-state index contributed by atoms with van der Waals surface area (Å²) in [5.41, 5.74) is 0.962. The molecule has 1 fully saturated rings. The zero-order valence-corrected chi connectivity index (χ0v) is 12.0. The third-order valence-electron chi connectivity index (χ3n) is 3.54. The zero-order chi connectivity index (χ0) is 13.1. The van der Waals surface area contributed by atoms with Crippen LogP contribution in [0.1, 0.15) is 35.2 Å². The van der Waals surface area contributed by atoms with E-state index in [1.807, 2.05) is 6.92 Å². The van der Waals surface area contributed by atoms with Crippen molar-refractivity contribution in [3.05, 3.63) is 35.1 Å². The van der Waals surface area contributed by atoms with Crippen molar-refractivity contribution in [3.63, 3.8) is 0 Å². The highest BCUT2D eigenvalue weighted by Crippen LogP contribution is 2.27. The number of alkyl halides is 1. The van der Waals surface area contributed by atoms with Crippen LogP contribution in [0.5, 0.6) is 0 Å². The molecule has 2 unspecified atom stereocenters. The van der Waals surface area contributed by atoms with Gasteiger partial charge in [-0.25, -0.2) is 4.39 Å². The number of hydrogen-bond donors (Lipinski definition) is 1. The smallest absolute Gasteiger partial charge is 0.254 e. The van der Waals surface area contributed by atoms with Gasteiger partial charge in [0.15, 0.2) is 0 Å². The fraction of sp³-hybridized carbons (Fsp3) is 0.500. The third-order valence-corrected chi connectivity index (χ3v) is 4.37. The van der Waals surface area contributed by atoms with Gasteiger partial charge in [-0.05, 0) is 43.4 Å². The monoisotopic (exact) mass is 313 g/mol. The van der Waals surface area contributed by atoms with Crippen LogP contribution in [-0.4, -0.2) is 17.3 Å². The highest BCUT2D eigenvalue weighted by molar-refractivity contribution is 9.09. The third kappa shape index (κ3) is 2.91. The average molecular weight is 314 g/mol. The summed E-state index contributed by atoms with van der Waals surface area (Å²) in [6, 6.07) is 4.87. The summed E-state index contributed by atoms with van der Waals surface area (Å²) in [5, 5.41) is 3.83. The Morgan fingerprint density at radius 3 is 2.94 bits per heavy atom. The number of halogens is 2. The van der Waals surface area contributed by atoms with Gasteiger partial charge in [0.2, 0.25) is 0 Å². The number of carbonyl (C=O) groups is 1. The predicted molar refractivity (Wildman–Crippen MR) is 73.5 cm³/mol. The van der Waals surface area contributed by atoms with Crippen molar-refractivity contribution in [1.82, 2.24) is 5.32 Å². The molecule has 0 spiro atoms. The normalized spacial score (nSPS) is 23.1. The molecule has 1 aromatic carbocycles. The van der Waals surface area contributed by atoms with E-state index in [1.165, 1.54) is 6.07 Å². The molecular weight excluding hydrogens is 297 g/mol. The van der Waals surface area contributed by atoms with Gasteiger partial charge in [0.1, 0.15) is 5.82 Å². The summed E-state index contributed by atoms with van der Waals surface area (Å²) >= 11 is 3.46. The first-order valence-electron chi connectivity index (χ1n) is 6.25. The SMILES string of the molecule is Cc1ccc(C(=O)NC2CCCC2CBr)c(F)c1. The van der Waals surface area contributed by atoms with Crippen molar-refractivity contribution in [2.75, 3.05) is 5.33 Å². The summed E-state index contributed by atoms with van der Waals surface area (Å²) in [4.78, 5) is 12.0. The quantitative estimate of drug-likeness (QED) is 0.851. The minimum Gasteiger partial charge on any atom is -0.349 e. The lowest BCUT2D eigenvalue weighted by molar-refractivity contribution is 0.0926. The van der Waals surface area contributed by atoms with E-state index in [2.05, 4.69) is 21.2 Å². The van der Waals surface area contributed by atoms with Gasteiger partial charge in [0.05, 0.1) is 5.56 Å². The van der Waals surface area contributed by atoms with Gasteiger partial charge in [-0.3, -0.25) is 4.79 Å². The van der Waals surface area contributed by atoms with Gasteiger partial charge >= 0.3 is 0 Å². The van der Waals surface area contributed by atoms with Crippen LogP contribution in [0.25, 0.3) is 0 Å². The summed E-state index contributed by atoms with van der Waals surface area (Å²) in [6.07, 6.45) is 3.22. The summed E-state index contributed by atoms with van der Waals surface area (Å²) in [6.45, 7) is 1.81. The number of benzene rings is 1. The molecule has 98 valence electrons. The molecule has 2 nitrogen and oxygen atoms in total. The largest absolute Gasteiger partial charge is 0.349 e. The molecule has 18 heavy (non-hydrogen) atoms. The maximum absolute atomic E-state index is 13.7. The van der Waals surface area contributed by atoms with Gasteiger partial charge in [0.25, 0.3) is 5.91 Å². The highest BCUT2D eigenvalue weighted by atomic mass is 79.9. The molecule has 4 heteroatoms. The van der Waals surface area contributed by atoms with Gasteiger partial charge in [-0.15, -0.1) is 0 Å². The minimum atomic E-state index is -0.444. The lowest BCUT2D eigenvalue weighted by Gasteiger charge is -2.19. The first kappa shape index (κ1) is 13.5. The molecule has 2 atom stereocenters. The van der Waals surface area contributed by atoms with E-state index >= 15 is 0 Å². The van der Waals surface area contributed by atoms with Crippen LogP contribution in [0.15, 0.2) is 18.2 Å². The van der Waals surface area contributed by atoms with Gasteiger partial charge < -0.3 is 5.32 Å². The second kappa shape index (κ2) is 5.83. The van der Waals surface area contributed by atoms with Crippen LogP contribution in [0.2, 0.25) is 0 Å². The van der Waals surface area contributed by atoms with Crippen LogP contribution in [0, 0.1) is 18.7 Å². The van der Waals surface area contributed by atoms with Gasteiger partial charge in [0, 0.05) is 11.4 Å². The fourth-order valence-corrected chi connectivity index (χ4v) is 3.24. The van der Waals surface area contributed by atoms with Gasteiger partial charge in [-0.2, -0.15) is 0 Å². The minimum absolute atomic E-state index is 0.140. The maximum Gasteiger partial charge on any atom is 0.254 e. The lowest BCUT2D eigenvalue weighted by Crippen LogP contribution is -2.38. The van der Waals surface area contributed by atoms with Crippen molar-refractivity contribution >= 4 is 21.8 Å². The molecule has 0 radical (unpaired) electrons. The fourth-order valence-electron chi connectivity index (χ4n) is 2.46. The molecule has 2 rings (SSSR count). The van der Waals surface area contributed by atoms with E-state index in [0.717, 1.165) is 30.2 Å². The zero-order valence-electron chi connectivity index (χ0n) is 10.4. The van der Waals surface area contributed by atoms with E-state index in [4.69, 9.17) is 0 Å². The Morgan fingerprint density at radius 2 is 2.28 bits per heavy atom. The second-order valence-electron chi connectivity index (χ2n) is 4.91. The number of hydrogen-bond acceptors (Lipinski definition) is 1. The van der Waals surface area contributed by atoms with E-state index in [9.17, 15) is 9.18 Å². The molecule has 0 bridgehead atoms. The highest BCUT2D eigenvalue weighted by Gasteiger charge is 2.28. The number of rotatable bonds is 3. The standard InChI is InChI=1S/C14H17BrFNO/c1-9-5-6-11(12(16)7-9)14(18)17-13-4-2-3-10(13)8-15/h5-7,10,13H,2-4,8H2,1H3,(H,17,18). The summed E-state index contributed by atoms with van der Waals surface area (Å²) in [7, 11) is 0. The molecule has 0 aliphatic heterocycles. The summed E-state index contributed by atoms with van der Waals surface area (Å²) < 4.78 is 13.7. The Hall–Kier alpha value is -0.900. The maximum atomic E-state index is 13.7. The van der Waals surface area contributed by atoms with Crippen LogP contribution < -0.4 is 5.32 Å². The molecule has 1 saturated carbocycles. The Bertz CT molecular complexity index is 449. The van der Waals surface area contributed by atoms with E-state index < -0.39 is 5.82 Å². The number of nitrogens with one attached hydrogen (secondary N) is 1. The Kier molecular flexibility index (Phi) is 4.38. The van der Waals surface area contributed by atoms with Crippen LogP contribution in [0.4, 0.5) is 4.39 Å². The average Bonchev–Trinajstić information content (AvgIpc) is 2.76. The van der Waals surface area contributed by atoms with Crippen molar-refractivity contribution in [1.29, 1.82) is 0 Å². The molecule has 1 amide bonds. The molecule has 0 saturated heterocycles. The molecular formula is C14H17BrFNO. The topological polar surface area (TPSA) is 29.1 Å². The molecule has 0 aromatic heterocycles. The van der Waals surface area contributed by atoms with Crippen molar-refractivity contribution in [3.8, 4) is 0 Å². The van der Waals surface area contributed by atoms with Crippen LogP contribution >= 0.6 is 15.9 Å². The molecule has 1 aromatic rings. The molecule has 1 aliphatic carbocycles. The van der Waals surface area contributed by atoms with Crippen molar-refractivity contribution in [2.24, 2.45) is 5.92 Å². The van der Waals surface area contributed by atoms with E-state index in [1.54, 1.807) is 12.1 Å². The number of aryl methyl sites for hydroxylation is 1. The second-order valence-corrected chi connectivity index (χ2v) is 5.56. The molecule has 1 aliphatic rings. The Labute approximate surface area is 115 Å². The lowest BCUT2D eigenvalue weighted by atomic mass is 10.1. The van der Waals surface area contributed by atoms with Crippen LogP contribution in [-0.2, 0) is 0 Å². The number of carbonyl (C=O) groups excluding carboxylic acids is 1. The van der Waals surface area contributed by atoms with E-state index in [-0.39, 0.29) is 17.5 Å². The number of amides is 1. The Balaban J connectivity index is 2.07. The summed E-state index contributed by atoms with van der Waals surface area (Å²) in [5.74, 6) is -0.284. The molecule has 1 N–H and O–H groups in total. The first-order valence-corrected chi connectivity index (χ1v) is 7.37. The van der Waals surface area contributed by atoms with Crippen molar-refractivity contribution in [2.45, 2.75) is 32.2 Å². The van der Waals surface area contributed by atoms with Crippen molar-refractivity contribution < 1.29 is 9.18 Å². The van der Waals surface area contributed by atoms with Gasteiger partial charge in [-0.1, -0.05) is 28.4 Å². The first-order chi connectivity index (χ1) is 8.61. The van der Waals surface area contributed by atoms with Crippen LogP contribution in [0.3, 0.4) is 0 Å².